The van der Waals surface area contributed by atoms with Crippen molar-refractivity contribution in [3.63, 3.8) is 0 Å². The zero-order valence-electron chi connectivity index (χ0n) is 8.47. The molecular weight excluding hydrogens is 162 g/mol. The average Bonchev–Trinajstić information content (AvgIpc) is 2.54. The quantitative estimate of drug-likeness (QED) is 0.705. The molecule has 0 spiro atoms. The lowest BCUT2D eigenvalue weighted by molar-refractivity contribution is 0.00454. The molecule has 1 aliphatic heterocycles. The number of rotatable bonds is 2. The van der Waals surface area contributed by atoms with Gasteiger partial charge in [-0.15, -0.1) is 0 Å². The molecule has 0 amide bonds. The molecule has 1 heterocycles. The molecule has 0 aromatic heterocycles. The van der Waals surface area contributed by atoms with Gasteiger partial charge in [0.15, 0.2) is 0 Å². The van der Waals surface area contributed by atoms with E-state index in [2.05, 4.69) is 4.90 Å². The van der Waals surface area contributed by atoms with Gasteiger partial charge in [-0.05, 0) is 38.8 Å². The fourth-order valence-corrected chi connectivity index (χ4v) is 2.72. The van der Waals surface area contributed by atoms with E-state index in [0.29, 0.717) is 0 Å². The maximum absolute atomic E-state index is 10.2. The van der Waals surface area contributed by atoms with Gasteiger partial charge in [-0.2, -0.15) is 0 Å². The average molecular weight is 183 g/mol. The van der Waals surface area contributed by atoms with Crippen LogP contribution < -0.4 is 0 Å². The van der Waals surface area contributed by atoms with Gasteiger partial charge in [-0.1, -0.05) is 19.3 Å². The van der Waals surface area contributed by atoms with Crippen LogP contribution in [0.25, 0.3) is 0 Å². The summed E-state index contributed by atoms with van der Waals surface area (Å²) in [5.41, 5.74) is -0.322. The number of nitrogens with zero attached hydrogens (tertiary/aromatic N) is 1. The van der Waals surface area contributed by atoms with E-state index in [4.69, 9.17) is 0 Å². The molecule has 0 radical (unpaired) electrons. The molecule has 1 saturated heterocycles. The highest BCUT2D eigenvalue weighted by Gasteiger charge is 2.33. The summed E-state index contributed by atoms with van der Waals surface area (Å²) in [5, 5.41) is 10.2. The molecule has 0 bridgehead atoms. The van der Waals surface area contributed by atoms with Crippen molar-refractivity contribution >= 4 is 0 Å². The topological polar surface area (TPSA) is 23.5 Å². The maximum Gasteiger partial charge on any atom is 0.0774 e. The smallest absolute Gasteiger partial charge is 0.0774 e. The summed E-state index contributed by atoms with van der Waals surface area (Å²) in [6, 6.07) is 0. The molecule has 2 aliphatic rings. The van der Waals surface area contributed by atoms with Crippen molar-refractivity contribution in [2.75, 3.05) is 19.6 Å². The van der Waals surface area contributed by atoms with Crippen molar-refractivity contribution in [1.29, 1.82) is 0 Å². The van der Waals surface area contributed by atoms with E-state index in [-0.39, 0.29) is 5.60 Å². The van der Waals surface area contributed by atoms with Crippen molar-refractivity contribution in [1.82, 2.24) is 4.90 Å². The van der Waals surface area contributed by atoms with Gasteiger partial charge in [0.2, 0.25) is 0 Å². The monoisotopic (exact) mass is 183 g/mol. The van der Waals surface area contributed by atoms with Gasteiger partial charge in [0.05, 0.1) is 5.60 Å². The van der Waals surface area contributed by atoms with E-state index < -0.39 is 0 Å². The van der Waals surface area contributed by atoms with Crippen molar-refractivity contribution in [3.8, 4) is 0 Å². The minimum Gasteiger partial charge on any atom is -0.389 e. The van der Waals surface area contributed by atoms with Crippen LogP contribution in [0.4, 0.5) is 0 Å². The van der Waals surface area contributed by atoms with E-state index in [0.717, 1.165) is 19.4 Å². The summed E-state index contributed by atoms with van der Waals surface area (Å²) < 4.78 is 0. The van der Waals surface area contributed by atoms with Crippen molar-refractivity contribution in [3.05, 3.63) is 0 Å². The summed E-state index contributed by atoms with van der Waals surface area (Å²) in [6.07, 6.45) is 8.56. The third-order valence-electron chi connectivity index (χ3n) is 3.50. The Kier molecular flexibility index (Phi) is 2.89. The molecule has 13 heavy (non-hydrogen) atoms. The molecule has 76 valence electrons. The van der Waals surface area contributed by atoms with Crippen molar-refractivity contribution < 1.29 is 5.11 Å². The van der Waals surface area contributed by atoms with Crippen LogP contribution in [-0.2, 0) is 0 Å². The summed E-state index contributed by atoms with van der Waals surface area (Å²) in [7, 11) is 0. The molecule has 1 aliphatic carbocycles. The first-order valence-electron chi connectivity index (χ1n) is 5.73. The van der Waals surface area contributed by atoms with Crippen LogP contribution in [-0.4, -0.2) is 35.2 Å². The Morgan fingerprint density at radius 2 is 1.54 bits per heavy atom. The fraction of sp³-hybridized carbons (Fsp3) is 1.00. The maximum atomic E-state index is 10.2. The van der Waals surface area contributed by atoms with Gasteiger partial charge in [0, 0.05) is 6.54 Å². The van der Waals surface area contributed by atoms with Crippen LogP contribution in [0.1, 0.15) is 44.9 Å². The van der Waals surface area contributed by atoms with E-state index >= 15 is 0 Å². The minimum atomic E-state index is -0.322. The Morgan fingerprint density at radius 1 is 0.923 bits per heavy atom. The molecule has 2 nitrogen and oxygen atoms in total. The number of piperidine rings is 1. The summed E-state index contributed by atoms with van der Waals surface area (Å²) >= 11 is 0. The molecule has 0 aromatic carbocycles. The van der Waals surface area contributed by atoms with E-state index in [1.54, 1.807) is 0 Å². The van der Waals surface area contributed by atoms with Gasteiger partial charge in [-0.3, -0.25) is 0 Å². The number of hydrogen-bond acceptors (Lipinski definition) is 2. The van der Waals surface area contributed by atoms with Crippen molar-refractivity contribution in [2.45, 2.75) is 50.5 Å². The molecule has 1 saturated carbocycles. The van der Waals surface area contributed by atoms with E-state index in [1.807, 2.05) is 0 Å². The Balaban J connectivity index is 1.81. The second-order valence-corrected chi connectivity index (χ2v) is 4.77. The van der Waals surface area contributed by atoms with Crippen LogP contribution in [0, 0.1) is 0 Å². The van der Waals surface area contributed by atoms with E-state index in [1.165, 1.54) is 45.2 Å². The van der Waals surface area contributed by atoms with Crippen LogP contribution >= 0.6 is 0 Å². The molecular formula is C11H21NO. The third-order valence-corrected chi connectivity index (χ3v) is 3.50. The normalized spacial score (nSPS) is 29.3. The van der Waals surface area contributed by atoms with E-state index in [9.17, 15) is 5.11 Å². The SMILES string of the molecule is OC1(CN2CCCCC2)CCCC1. The first kappa shape index (κ1) is 9.47. The van der Waals surface area contributed by atoms with Gasteiger partial charge in [0.25, 0.3) is 0 Å². The molecule has 0 unspecified atom stereocenters. The zero-order chi connectivity index (χ0) is 9.15. The second kappa shape index (κ2) is 3.97. The van der Waals surface area contributed by atoms with Crippen LogP contribution in [0.2, 0.25) is 0 Å². The highest BCUT2D eigenvalue weighted by molar-refractivity contribution is 4.87. The number of aliphatic hydroxyl groups is 1. The number of β-amino-alcohol motifs (C(OH)–C–C–N with tert-alkyl or cyclic N) is 1. The first-order chi connectivity index (χ1) is 6.29. The number of hydrogen-bond donors (Lipinski definition) is 1. The predicted octanol–water partition coefficient (Wildman–Crippen LogP) is 1.78. The highest BCUT2D eigenvalue weighted by Crippen LogP contribution is 2.30. The molecule has 0 aromatic rings. The van der Waals surface area contributed by atoms with Gasteiger partial charge >= 0.3 is 0 Å². The minimum absolute atomic E-state index is 0.322. The van der Waals surface area contributed by atoms with Crippen LogP contribution in [0.5, 0.6) is 0 Å². The lowest BCUT2D eigenvalue weighted by Gasteiger charge is -2.33. The zero-order valence-corrected chi connectivity index (χ0v) is 8.47. The number of likely N-dealkylation sites (tertiary alicyclic amines) is 1. The fourth-order valence-electron chi connectivity index (χ4n) is 2.72. The Hall–Kier alpha value is -0.0800. The highest BCUT2D eigenvalue weighted by atomic mass is 16.3. The Bertz CT molecular complexity index is 157. The summed E-state index contributed by atoms with van der Waals surface area (Å²) in [5.74, 6) is 0. The van der Waals surface area contributed by atoms with Crippen LogP contribution in [0.3, 0.4) is 0 Å². The van der Waals surface area contributed by atoms with Gasteiger partial charge < -0.3 is 10.0 Å². The van der Waals surface area contributed by atoms with Gasteiger partial charge in [-0.25, -0.2) is 0 Å². The second-order valence-electron chi connectivity index (χ2n) is 4.77. The molecule has 1 N–H and O–H groups in total. The summed E-state index contributed by atoms with van der Waals surface area (Å²) in [4.78, 5) is 2.45. The lowest BCUT2D eigenvalue weighted by atomic mass is 10.0. The summed E-state index contributed by atoms with van der Waals surface area (Å²) in [6.45, 7) is 3.36. The van der Waals surface area contributed by atoms with Crippen LogP contribution in [0.15, 0.2) is 0 Å². The molecule has 2 fully saturated rings. The molecule has 0 atom stereocenters. The predicted molar refractivity (Wildman–Crippen MR) is 53.7 cm³/mol. The van der Waals surface area contributed by atoms with Crippen molar-refractivity contribution in [2.24, 2.45) is 0 Å². The Morgan fingerprint density at radius 3 is 2.15 bits per heavy atom. The molecule has 2 rings (SSSR count). The largest absolute Gasteiger partial charge is 0.389 e. The lowest BCUT2D eigenvalue weighted by Crippen LogP contribution is -2.43. The Labute approximate surface area is 80.9 Å². The molecule has 2 heteroatoms. The first-order valence-corrected chi connectivity index (χ1v) is 5.73. The third kappa shape index (κ3) is 2.44. The van der Waals surface area contributed by atoms with Gasteiger partial charge in [0.1, 0.15) is 0 Å². The standard InChI is InChI=1S/C11H21NO/c13-11(6-2-3-7-11)10-12-8-4-1-5-9-12/h13H,1-10H2.